The summed E-state index contributed by atoms with van der Waals surface area (Å²) in [7, 11) is 2.15. The second-order valence-electron chi connectivity index (χ2n) is 4.63. The van der Waals surface area contributed by atoms with E-state index < -0.39 is 45.4 Å². The molecule has 0 spiro atoms. The molecule has 0 fully saturated rings. The lowest BCUT2D eigenvalue weighted by Crippen LogP contribution is -2.43. The van der Waals surface area contributed by atoms with Gasteiger partial charge >= 0.3 is 28.9 Å². The molecule has 11 heteroatoms. The van der Waals surface area contributed by atoms with Gasteiger partial charge in [-0.15, -0.1) is 0 Å². The molecule has 0 saturated carbocycles. The van der Waals surface area contributed by atoms with E-state index in [-0.39, 0.29) is 13.2 Å². The Morgan fingerprint density at radius 2 is 1.54 bits per heavy atom. The molecule has 0 aliphatic carbocycles. The van der Waals surface area contributed by atoms with Crippen LogP contribution in [-0.4, -0.2) is 39.2 Å². The highest BCUT2D eigenvalue weighted by Gasteiger charge is 2.41. The molecule has 132 valence electrons. The number of aromatic nitrogens is 2. The van der Waals surface area contributed by atoms with E-state index in [1.54, 1.807) is 0 Å². The minimum absolute atomic E-state index is 0.110. The van der Waals surface area contributed by atoms with Crippen molar-refractivity contribution in [3.63, 3.8) is 0 Å². The highest BCUT2D eigenvalue weighted by atomic mass is 16.6. The molecule has 0 saturated heterocycles. The van der Waals surface area contributed by atoms with Gasteiger partial charge in [-0.25, -0.2) is 4.79 Å². The van der Waals surface area contributed by atoms with Crippen molar-refractivity contribution in [3.05, 3.63) is 36.6 Å². The van der Waals surface area contributed by atoms with Crippen molar-refractivity contribution in [3.8, 4) is 0 Å². The van der Waals surface area contributed by atoms with Crippen LogP contribution in [-0.2, 0) is 33.2 Å². The quantitative estimate of drug-likeness (QED) is 0.283. The third-order valence-corrected chi connectivity index (χ3v) is 3.19. The number of esters is 2. The van der Waals surface area contributed by atoms with Crippen LogP contribution in [0.3, 0.4) is 0 Å². The number of nitro groups is 1. The summed E-state index contributed by atoms with van der Waals surface area (Å²) in [6.45, 7) is 2.72. The highest BCUT2D eigenvalue weighted by molar-refractivity contribution is 6.01. The summed E-state index contributed by atoms with van der Waals surface area (Å²) in [5.41, 5.74) is -3.91. The second-order valence-corrected chi connectivity index (χ2v) is 4.63. The van der Waals surface area contributed by atoms with Crippen LogP contribution >= 0.6 is 0 Å². The molecule has 1 aromatic rings. The Labute approximate surface area is 135 Å². The zero-order valence-electron chi connectivity index (χ0n) is 13.6. The molecule has 1 heterocycles. The van der Waals surface area contributed by atoms with Gasteiger partial charge in [0, 0.05) is 14.1 Å². The van der Waals surface area contributed by atoms with Crippen LogP contribution < -0.4 is 11.2 Å². The Bertz CT molecular complexity index is 774. The van der Waals surface area contributed by atoms with Gasteiger partial charge in [-0.1, -0.05) is 0 Å². The first-order valence-corrected chi connectivity index (χ1v) is 6.96. The van der Waals surface area contributed by atoms with Gasteiger partial charge in [-0.3, -0.25) is 33.6 Å². The SMILES string of the molecule is CCOC(=O)C(C(=O)OCC)c1c([N+](=O)[O-])c(=O)n(C)c(=O)n1C. The smallest absolute Gasteiger partial charge is 0.355 e. The Morgan fingerprint density at radius 1 is 1.08 bits per heavy atom. The lowest BCUT2D eigenvalue weighted by atomic mass is 10.0. The molecule has 1 aromatic heterocycles. The average molecular weight is 343 g/mol. The van der Waals surface area contributed by atoms with Crippen LogP contribution in [0.5, 0.6) is 0 Å². The summed E-state index contributed by atoms with van der Waals surface area (Å²) in [6.07, 6.45) is 0. The summed E-state index contributed by atoms with van der Waals surface area (Å²) < 4.78 is 10.7. The molecule has 0 amide bonds. The van der Waals surface area contributed by atoms with Gasteiger partial charge in [0.25, 0.3) is 0 Å². The number of carbonyl (C=O) groups excluding carboxylic acids is 2. The van der Waals surface area contributed by atoms with E-state index in [2.05, 4.69) is 0 Å². The first-order chi connectivity index (χ1) is 11.2. The third kappa shape index (κ3) is 3.34. The molecule has 0 bridgehead atoms. The predicted molar refractivity (Wildman–Crippen MR) is 79.6 cm³/mol. The first kappa shape index (κ1) is 19.1. The lowest BCUT2D eigenvalue weighted by Gasteiger charge is -2.17. The number of hydrogen-bond donors (Lipinski definition) is 0. The molecule has 11 nitrogen and oxygen atoms in total. The maximum absolute atomic E-state index is 12.1. The normalized spacial score (nSPS) is 10.5. The fourth-order valence-electron chi connectivity index (χ4n) is 2.11. The zero-order chi connectivity index (χ0) is 18.6. The highest BCUT2D eigenvalue weighted by Crippen LogP contribution is 2.25. The summed E-state index contributed by atoms with van der Waals surface area (Å²) in [6, 6.07) is 0. The summed E-state index contributed by atoms with van der Waals surface area (Å²) in [5.74, 6) is -4.22. The van der Waals surface area contributed by atoms with Crippen LogP contribution in [0.2, 0.25) is 0 Å². The average Bonchev–Trinajstić information content (AvgIpc) is 2.50. The van der Waals surface area contributed by atoms with Gasteiger partial charge in [0.05, 0.1) is 18.1 Å². The fourth-order valence-corrected chi connectivity index (χ4v) is 2.11. The van der Waals surface area contributed by atoms with Crippen LogP contribution in [0.25, 0.3) is 0 Å². The van der Waals surface area contributed by atoms with Crippen molar-refractivity contribution in [2.75, 3.05) is 13.2 Å². The molecule has 24 heavy (non-hydrogen) atoms. The van der Waals surface area contributed by atoms with Crippen LogP contribution in [0.15, 0.2) is 9.59 Å². The van der Waals surface area contributed by atoms with Gasteiger partial charge in [0.2, 0.25) is 5.92 Å². The van der Waals surface area contributed by atoms with E-state index in [1.165, 1.54) is 13.8 Å². The molecule has 0 atom stereocenters. The van der Waals surface area contributed by atoms with Crippen molar-refractivity contribution >= 4 is 17.6 Å². The van der Waals surface area contributed by atoms with Gasteiger partial charge < -0.3 is 9.47 Å². The third-order valence-electron chi connectivity index (χ3n) is 3.19. The Hall–Kier alpha value is -2.98. The number of rotatable bonds is 6. The van der Waals surface area contributed by atoms with Crippen molar-refractivity contribution in [2.24, 2.45) is 14.1 Å². The number of hydrogen-bond acceptors (Lipinski definition) is 8. The van der Waals surface area contributed by atoms with E-state index in [9.17, 15) is 29.3 Å². The molecule has 0 radical (unpaired) electrons. The van der Waals surface area contributed by atoms with Crippen LogP contribution in [0, 0.1) is 10.1 Å². The number of carbonyl (C=O) groups is 2. The molecule has 1 rings (SSSR count). The molecule has 0 aliphatic heterocycles. The van der Waals surface area contributed by atoms with E-state index >= 15 is 0 Å². The molecule has 0 N–H and O–H groups in total. The second kappa shape index (κ2) is 7.53. The van der Waals surface area contributed by atoms with Crippen molar-refractivity contribution in [2.45, 2.75) is 19.8 Å². The predicted octanol–water partition coefficient (Wildman–Crippen LogP) is -0.798. The minimum Gasteiger partial charge on any atom is -0.465 e. The van der Waals surface area contributed by atoms with E-state index in [0.29, 0.717) is 9.13 Å². The molecule has 0 aliphatic rings. The lowest BCUT2D eigenvalue weighted by molar-refractivity contribution is -0.388. The van der Waals surface area contributed by atoms with Gasteiger partial charge in [-0.2, -0.15) is 0 Å². The number of ether oxygens (including phenoxy) is 2. The van der Waals surface area contributed by atoms with Gasteiger partial charge in [0.15, 0.2) is 0 Å². The van der Waals surface area contributed by atoms with Crippen LogP contribution in [0.1, 0.15) is 25.5 Å². The molecule has 0 aromatic carbocycles. The molecular formula is C13H17N3O8. The van der Waals surface area contributed by atoms with E-state index in [0.717, 1.165) is 14.1 Å². The summed E-state index contributed by atoms with van der Waals surface area (Å²) in [4.78, 5) is 58.6. The molecular weight excluding hydrogens is 326 g/mol. The minimum atomic E-state index is -1.92. The topological polar surface area (TPSA) is 140 Å². The van der Waals surface area contributed by atoms with Gasteiger partial charge in [-0.05, 0) is 13.8 Å². The van der Waals surface area contributed by atoms with Crippen molar-refractivity contribution < 1.29 is 24.0 Å². The largest absolute Gasteiger partial charge is 0.465 e. The van der Waals surface area contributed by atoms with Crippen molar-refractivity contribution in [1.29, 1.82) is 0 Å². The maximum Gasteiger partial charge on any atom is 0.355 e. The van der Waals surface area contributed by atoms with Gasteiger partial charge in [0.1, 0.15) is 5.69 Å². The summed E-state index contributed by atoms with van der Waals surface area (Å²) in [5, 5.41) is 11.3. The van der Waals surface area contributed by atoms with E-state index in [1.807, 2.05) is 0 Å². The van der Waals surface area contributed by atoms with Crippen molar-refractivity contribution in [1.82, 2.24) is 9.13 Å². The van der Waals surface area contributed by atoms with Crippen LogP contribution in [0.4, 0.5) is 5.69 Å². The zero-order valence-corrected chi connectivity index (χ0v) is 13.6. The monoisotopic (exact) mass is 343 g/mol. The Balaban J connectivity index is 3.85. The number of nitrogens with zero attached hydrogens (tertiary/aromatic N) is 3. The fraction of sp³-hybridized carbons (Fsp3) is 0.538. The molecule has 0 unspecified atom stereocenters. The standard InChI is InChI=1S/C13H17N3O8/c1-5-23-11(18)7(12(19)24-6-2)8-9(16(21)22)10(17)15(4)13(20)14(8)3/h7H,5-6H2,1-4H3. The van der Waals surface area contributed by atoms with E-state index in [4.69, 9.17) is 9.47 Å². The Kier molecular flexibility index (Phi) is 5.98. The maximum atomic E-state index is 12.1. The summed E-state index contributed by atoms with van der Waals surface area (Å²) >= 11 is 0. The first-order valence-electron chi connectivity index (χ1n) is 6.96. The Morgan fingerprint density at radius 3 is 1.92 bits per heavy atom.